The number of aromatic nitrogens is 2. The summed E-state index contributed by atoms with van der Waals surface area (Å²) in [6.45, 7) is 6.17. The molecule has 1 heterocycles. The van der Waals surface area contributed by atoms with Crippen LogP contribution in [0.5, 0.6) is 5.75 Å². The molecular formula is C29H33N3O2. The quantitative estimate of drug-likeness (QED) is 0.293. The number of amides is 1. The highest BCUT2D eigenvalue weighted by atomic mass is 16.5. The first-order valence-corrected chi connectivity index (χ1v) is 12.0. The summed E-state index contributed by atoms with van der Waals surface area (Å²) in [6, 6.07) is 24.5. The van der Waals surface area contributed by atoms with Crippen LogP contribution in [-0.2, 0) is 24.3 Å². The molecule has 5 heteroatoms. The van der Waals surface area contributed by atoms with Crippen molar-refractivity contribution in [3.8, 4) is 5.75 Å². The first kappa shape index (κ1) is 23.6. The summed E-state index contributed by atoms with van der Waals surface area (Å²) in [6.07, 6.45) is 3.13. The van der Waals surface area contributed by atoms with E-state index in [-0.39, 0.29) is 5.91 Å². The maximum Gasteiger partial charge on any atom is 0.220 e. The largest absolute Gasteiger partial charge is 0.494 e. The van der Waals surface area contributed by atoms with E-state index in [1.807, 2.05) is 42.5 Å². The van der Waals surface area contributed by atoms with Crippen molar-refractivity contribution in [1.29, 1.82) is 0 Å². The highest BCUT2D eigenvalue weighted by Crippen LogP contribution is 2.19. The van der Waals surface area contributed by atoms with Crippen LogP contribution in [0.1, 0.15) is 41.8 Å². The fourth-order valence-electron chi connectivity index (χ4n) is 4.04. The number of aryl methyl sites for hydroxylation is 4. The molecule has 3 aromatic carbocycles. The maximum atomic E-state index is 12.4. The fraction of sp³-hybridized carbons (Fsp3) is 0.310. The van der Waals surface area contributed by atoms with Crippen LogP contribution in [0.25, 0.3) is 11.0 Å². The molecule has 0 aliphatic heterocycles. The van der Waals surface area contributed by atoms with Gasteiger partial charge in [0.05, 0.1) is 24.2 Å². The minimum absolute atomic E-state index is 0.0456. The molecule has 4 rings (SSSR count). The predicted octanol–water partition coefficient (Wildman–Crippen LogP) is 5.76. The number of para-hydroxylation sites is 2. The topological polar surface area (TPSA) is 56.1 Å². The van der Waals surface area contributed by atoms with Crippen LogP contribution in [0.15, 0.2) is 72.8 Å². The van der Waals surface area contributed by atoms with Gasteiger partial charge in [0.25, 0.3) is 0 Å². The standard InChI is InChI=1S/C29H33N3O2/c1-22-14-16-25(20-23(22)2)34-19-9-8-18-32-27-13-7-6-12-26(27)31-28(32)21-30-29(33)17-15-24-10-4-3-5-11-24/h3-7,10-14,16,20H,8-9,15,17-19,21H2,1-2H3,(H,30,33). The molecule has 0 aliphatic carbocycles. The lowest BCUT2D eigenvalue weighted by molar-refractivity contribution is -0.121. The second kappa shape index (κ2) is 11.5. The van der Waals surface area contributed by atoms with Crippen molar-refractivity contribution in [2.75, 3.05) is 6.61 Å². The second-order valence-electron chi connectivity index (χ2n) is 8.73. The van der Waals surface area contributed by atoms with Crippen molar-refractivity contribution in [2.24, 2.45) is 0 Å². The van der Waals surface area contributed by atoms with Crippen molar-refractivity contribution in [1.82, 2.24) is 14.9 Å². The number of nitrogens with zero attached hydrogens (tertiary/aromatic N) is 2. The van der Waals surface area contributed by atoms with E-state index in [9.17, 15) is 4.79 Å². The molecule has 0 unspecified atom stereocenters. The van der Waals surface area contributed by atoms with Crippen LogP contribution < -0.4 is 10.1 Å². The summed E-state index contributed by atoms with van der Waals surface area (Å²) in [4.78, 5) is 17.2. The number of carbonyl (C=O) groups excluding carboxylic acids is 1. The Morgan fingerprint density at radius 2 is 1.74 bits per heavy atom. The van der Waals surface area contributed by atoms with E-state index in [0.29, 0.717) is 19.6 Å². The van der Waals surface area contributed by atoms with Crippen molar-refractivity contribution in [3.05, 3.63) is 95.3 Å². The molecular weight excluding hydrogens is 422 g/mol. The van der Waals surface area contributed by atoms with Gasteiger partial charge < -0.3 is 14.6 Å². The Balaban J connectivity index is 1.30. The summed E-state index contributed by atoms with van der Waals surface area (Å²) >= 11 is 0. The molecule has 0 radical (unpaired) electrons. The molecule has 0 bridgehead atoms. The maximum absolute atomic E-state index is 12.4. The summed E-state index contributed by atoms with van der Waals surface area (Å²) < 4.78 is 8.16. The molecule has 0 saturated carbocycles. The van der Waals surface area contributed by atoms with E-state index >= 15 is 0 Å². The van der Waals surface area contributed by atoms with Gasteiger partial charge in [-0.25, -0.2) is 4.98 Å². The lowest BCUT2D eigenvalue weighted by Gasteiger charge is -2.11. The van der Waals surface area contributed by atoms with Crippen LogP contribution in [-0.4, -0.2) is 22.1 Å². The van der Waals surface area contributed by atoms with E-state index in [0.717, 1.165) is 48.4 Å². The van der Waals surface area contributed by atoms with Gasteiger partial charge in [-0.05, 0) is 74.1 Å². The SMILES string of the molecule is Cc1ccc(OCCCCn2c(CNC(=O)CCc3ccccc3)nc3ccccc32)cc1C. The van der Waals surface area contributed by atoms with Gasteiger partial charge in [0.1, 0.15) is 11.6 Å². The van der Waals surface area contributed by atoms with Gasteiger partial charge in [0, 0.05) is 13.0 Å². The number of nitrogens with one attached hydrogen (secondary N) is 1. The van der Waals surface area contributed by atoms with Gasteiger partial charge in [0.2, 0.25) is 5.91 Å². The molecule has 1 aromatic heterocycles. The average molecular weight is 456 g/mol. The third kappa shape index (κ3) is 6.25. The first-order chi connectivity index (χ1) is 16.6. The monoisotopic (exact) mass is 455 g/mol. The van der Waals surface area contributed by atoms with Crippen LogP contribution in [0.4, 0.5) is 0 Å². The third-order valence-corrected chi connectivity index (χ3v) is 6.18. The van der Waals surface area contributed by atoms with Crippen molar-refractivity contribution in [3.63, 3.8) is 0 Å². The number of ether oxygens (including phenoxy) is 1. The lowest BCUT2D eigenvalue weighted by Crippen LogP contribution is -2.25. The number of rotatable bonds is 11. The number of imidazole rings is 1. The molecule has 176 valence electrons. The lowest BCUT2D eigenvalue weighted by atomic mass is 10.1. The Bertz CT molecular complexity index is 1230. The Morgan fingerprint density at radius 1 is 0.941 bits per heavy atom. The highest BCUT2D eigenvalue weighted by Gasteiger charge is 2.12. The van der Waals surface area contributed by atoms with Gasteiger partial charge in [-0.15, -0.1) is 0 Å². The Labute approximate surface area is 201 Å². The molecule has 0 spiro atoms. The number of hydrogen-bond acceptors (Lipinski definition) is 3. The van der Waals surface area contributed by atoms with Crippen LogP contribution in [0.3, 0.4) is 0 Å². The second-order valence-corrected chi connectivity index (χ2v) is 8.73. The number of fused-ring (bicyclic) bond motifs is 1. The molecule has 1 amide bonds. The molecule has 5 nitrogen and oxygen atoms in total. The molecule has 4 aromatic rings. The molecule has 0 fully saturated rings. The van der Waals surface area contributed by atoms with Gasteiger partial charge >= 0.3 is 0 Å². The Morgan fingerprint density at radius 3 is 2.56 bits per heavy atom. The van der Waals surface area contributed by atoms with Gasteiger partial charge in [-0.3, -0.25) is 4.79 Å². The molecule has 0 aliphatic rings. The molecule has 1 N–H and O–H groups in total. The van der Waals surface area contributed by atoms with Gasteiger partial charge in [0.15, 0.2) is 0 Å². The number of unbranched alkanes of at least 4 members (excludes halogenated alkanes) is 1. The highest BCUT2D eigenvalue weighted by molar-refractivity contribution is 5.77. The zero-order valence-electron chi connectivity index (χ0n) is 20.1. The van der Waals surface area contributed by atoms with Gasteiger partial charge in [-0.1, -0.05) is 48.5 Å². The Kier molecular flexibility index (Phi) is 7.97. The van der Waals surface area contributed by atoms with Crippen LogP contribution in [0, 0.1) is 13.8 Å². The third-order valence-electron chi connectivity index (χ3n) is 6.18. The summed E-state index contributed by atoms with van der Waals surface area (Å²) in [7, 11) is 0. The number of benzene rings is 3. The van der Waals surface area contributed by atoms with E-state index in [1.54, 1.807) is 0 Å². The number of hydrogen-bond donors (Lipinski definition) is 1. The van der Waals surface area contributed by atoms with Crippen LogP contribution >= 0.6 is 0 Å². The van der Waals surface area contributed by atoms with Crippen molar-refractivity contribution >= 4 is 16.9 Å². The summed E-state index contributed by atoms with van der Waals surface area (Å²) in [5.74, 6) is 1.86. The fourth-order valence-corrected chi connectivity index (χ4v) is 4.04. The molecule has 34 heavy (non-hydrogen) atoms. The predicted molar refractivity (Wildman–Crippen MR) is 137 cm³/mol. The van der Waals surface area contributed by atoms with Gasteiger partial charge in [-0.2, -0.15) is 0 Å². The zero-order chi connectivity index (χ0) is 23.8. The van der Waals surface area contributed by atoms with E-state index in [2.05, 4.69) is 54.1 Å². The average Bonchev–Trinajstić information content (AvgIpc) is 3.21. The Hall–Kier alpha value is -3.60. The smallest absolute Gasteiger partial charge is 0.220 e. The summed E-state index contributed by atoms with van der Waals surface area (Å²) in [5, 5.41) is 3.06. The molecule has 0 saturated heterocycles. The minimum atomic E-state index is 0.0456. The van der Waals surface area contributed by atoms with Crippen molar-refractivity contribution in [2.45, 2.75) is 52.6 Å². The number of carbonyl (C=O) groups is 1. The zero-order valence-corrected chi connectivity index (χ0v) is 20.1. The molecule has 0 atom stereocenters. The normalized spacial score (nSPS) is 11.0. The van der Waals surface area contributed by atoms with E-state index in [1.165, 1.54) is 16.7 Å². The van der Waals surface area contributed by atoms with Crippen LogP contribution in [0.2, 0.25) is 0 Å². The minimum Gasteiger partial charge on any atom is -0.494 e. The first-order valence-electron chi connectivity index (χ1n) is 12.0. The van der Waals surface area contributed by atoms with E-state index in [4.69, 9.17) is 9.72 Å². The van der Waals surface area contributed by atoms with E-state index < -0.39 is 0 Å². The summed E-state index contributed by atoms with van der Waals surface area (Å²) in [5.41, 5.74) is 5.76. The van der Waals surface area contributed by atoms with Crippen molar-refractivity contribution < 1.29 is 9.53 Å².